The predicted molar refractivity (Wildman–Crippen MR) is 123 cm³/mol. The maximum absolute atomic E-state index is 10.6. The van der Waals surface area contributed by atoms with E-state index < -0.39 is 6.10 Å². The molecule has 158 valence electrons. The molecule has 1 aromatic carbocycles. The molecule has 1 aromatic heterocycles. The van der Waals surface area contributed by atoms with E-state index in [0.29, 0.717) is 6.54 Å². The van der Waals surface area contributed by atoms with Gasteiger partial charge in [0.05, 0.1) is 13.2 Å². The van der Waals surface area contributed by atoms with Crippen molar-refractivity contribution in [1.82, 2.24) is 15.5 Å². The third kappa shape index (κ3) is 4.88. The summed E-state index contributed by atoms with van der Waals surface area (Å²) in [6.45, 7) is 4.93. The summed E-state index contributed by atoms with van der Waals surface area (Å²) in [5, 5.41) is 18.6. The second-order valence-corrected chi connectivity index (χ2v) is 9.86. The Balaban J connectivity index is 1.33. The van der Waals surface area contributed by atoms with Crippen LogP contribution in [-0.2, 0) is 4.74 Å². The van der Waals surface area contributed by atoms with Gasteiger partial charge in [0.2, 0.25) is 0 Å². The lowest BCUT2D eigenvalue weighted by Crippen LogP contribution is -2.60. The van der Waals surface area contributed by atoms with Gasteiger partial charge < -0.3 is 20.5 Å². The van der Waals surface area contributed by atoms with Crippen LogP contribution in [0.2, 0.25) is 0 Å². The van der Waals surface area contributed by atoms with Crippen molar-refractivity contribution < 1.29 is 9.84 Å². The van der Waals surface area contributed by atoms with Crippen LogP contribution in [0.25, 0.3) is 10.1 Å². The number of nitrogens with zero attached hydrogens (tertiary/aromatic N) is 2. The van der Waals surface area contributed by atoms with Crippen molar-refractivity contribution in [3.05, 3.63) is 35.2 Å². The maximum atomic E-state index is 10.6. The lowest BCUT2D eigenvalue weighted by atomic mass is 9.95. The number of thioether (sulfide) groups is 1. The standard InChI is InChI=1S/C21H30N4O2S2/c1-22-20(23-13-17(26)19-12-16-4-2-3-5-18(16)29-19)24-14-21(6-11-28-15-21)25-7-9-27-10-8-25/h2-5,12,17,26H,6-11,13-15H2,1H3,(H2,22,23,24). The number of ether oxygens (including phenoxy) is 1. The quantitative estimate of drug-likeness (QED) is 0.479. The van der Waals surface area contributed by atoms with E-state index in [1.807, 2.05) is 23.9 Å². The molecule has 0 aliphatic carbocycles. The molecule has 2 saturated heterocycles. The normalized spacial score (nSPS) is 24.7. The second-order valence-electron chi connectivity index (χ2n) is 7.64. The largest absolute Gasteiger partial charge is 0.386 e. The summed E-state index contributed by atoms with van der Waals surface area (Å²) in [6, 6.07) is 10.3. The fraction of sp³-hybridized carbons (Fsp3) is 0.571. The first-order valence-electron chi connectivity index (χ1n) is 10.2. The highest BCUT2D eigenvalue weighted by atomic mass is 32.2. The zero-order chi connectivity index (χ0) is 20.1. The second kappa shape index (κ2) is 9.66. The van der Waals surface area contributed by atoms with Gasteiger partial charge in [-0.15, -0.1) is 11.3 Å². The van der Waals surface area contributed by atoms with Crippen LogP contribution in [0.15, 0.2) is 35.3 Å². The number of hydrogen-bond acceptors (Lipinski definition) is 6. The molecule has 3 N–H and O–H groups in total. The molecule has 8 heteroatoms. The van der Waals surface area contributed by atoms with Gasteiger partial charge in [-0.25, -0.2) is 0 Å². The molecule has 2 aliphatic heterocycles. The summed E-state index contributed by atoms with van der Waals surface area (Å²) in [5.41, 5.74) is 0.163. The van der Waals surface area contributed by atoms with E-state index in [4.69, 9.17) is 4.74 Å². The van der Waals surface area contributed by atoms with Crippen molar-refractivity contribution in [1.29, 1.82) is 0 Å². The molecule has 29 heavy (non-hydrogen) atoms. The molecule has 2 atom stereocenters. The Hall–Kier alpha value is -1.32. The van der Waals surface area contributed by atoms with E-state index in [9.17, 15) is 5.11 Å². The molecule has 6 nitrogen and oxygen atoms in total. The Labute approximate surface area is 180 Å². The number of morpholine rings is 1. The van der Waals surface area contributed by atoms with Gasteiger partial charge in [-0.05, 0) is 29.7 Å². The van der Waals surface area contributed by atoms with Crippen molar-refractivity contribution in [3.63, 3.8) is 0 Å². The number of rotatable bonds is 6. The number of benzene rings is 1. The number of aliphatic hydroxyl groups excluding tert-OH is 1. The highest BCUT2D eigenvalue weighted by molar-refractivity contribution is 7.99. The van der Waals surface area contributed by atoms with Crippen molar-refractivity contribution >= 4 is 39.1 Å². The zero-order valence-electron chi connectivity index (χ0n) is 16.9. The van der Waals surface area contributed by atoms with Crippen LogP contribution in [0.5, 0.6) is 0 Å². The SMILES string of the molecule is CN=C(NCC(O)c1cc2ccccc2s1)NCC1(N2CCOCC2)CCSC1. The molecule has 0 saturated carbocycles. The number of nitrogens with one attached hydrogen (secondary N) is 2. The Morgan fingerprint density at radius 1 is 1.31 bits per heavy atom. The van der Waals surface area contributed by atoms with Crippen LogP contribution in [0.3, 0.4) is 0 Å². The van der Waals surface area contributed by atoms with E-state index in [1.165, 1.54) is 22.3 Å². The summed E-state index contributed by atoms with van der Waals surface area (Å²) < 4.78 is 6.75. The lowest BCUT2D eigenvalue weighted by molar-refractivity contribution is -0.0120. The monoisotopic (exact) mass is 434 g/mol. The van der Waals surface area contributed by atoms with Gasteiger partial charge in [0.25, 0.3) is 0 Å². The van der Waals surface area contributed by atoms with Gasteiger partial charge in [0.15, 0.2) is 5.96 Å². The fourth-order valence-electron chi connectivity index (χ4n) is 4.06. The Morgan fingerprint density at radius 2 is 2.14 bits per heavy atom. The average Bonchev–Trinajstić information content (AvgIpc) is 3.42. The molecule has 2 unspecified atom stereocenters. The first kappa shape index (κ1) is 20.9. The first-order chi connectivity index (χ1) is 14.2. The van der Waals surface area contributed by atoms with Crippen LogP contribution in [0.1, 0.15) is 17.4 Å². The molecule has 0 radical (unpaired) electrons. The molecular weight excluding hydrogens is 404 g/mol. The summed E-state index contributed by atoms with van der Waals surface area (Å²) in [7, 11) is 1.78. The molecule has 0 bridgehead atoms. The van der Waals surface area contributed by atoms with Gasteiger partial charge in [0.1, 0.15) is 6.10 Å². The minimum atomic E-state index is -0.554. The van der Waals surface area contributed by atoms with Crippen LogP contribution in [0, 0.1) is 0 Å². The predicted octanol–water partition coefficient (Wildman–Crippen LogP) is 2.31. The van der Waals surface area contributed by atoms with Crippen LogP contribution in [-0.4, -0.2) is 79.5 Å². The minimum Gasteiger partial charge on any atom is -0.386 e. The van der Waals surface area contributed by atoms with Crippen molar-refractivity contribution in [2.75, 3.05) is 57.9 Å². The molecule has 0 spiro atoms. The van der Waals surface area contributed by atoms with E-state index in [-0.39, 0.29) is 5.54 Å². The highest BCUT2D eigenvalue weighted by Crippen LogP contribution is 2.33. The first-order valence-corrected chi connectivity index (χ1v) is 12.2. The van der Waals surface area contributed by atoms with Crippen molar-refractivity contribution in [2.45, 2.75) is 18.1 Å². The summed E-state index contributed by atoms with van der Waals surface area (Å²) >= 11 is 3.68. The Kier molecular flexibility index (Phi) is 6.97. The third-order valence-electron chi connectivity index (χ3n) is 5.81. The number of aliphatic hydroxyl groups is 1. The number of aliphatic imine (C=N–C) groups is 1. The van der Waals surface area contributed by atoms with E-state index in [2.05, 4.69) is 38.7 Å². The average molecular weight is 435 g/mol. The smallest absolute Gasteiger partial charge is 0.191 e. The topological polar surface area (TPSA) is 69.1 Å². The van der Waals surface area contributed by atoms with E-state index in [1.54, 1.807) is 18.4 Å². The zero-order valence-corrected chi connectivity index (χ0v) is 18.5. The van der Waals surface area contributed by atoms with Gasteiger partial charge in [-0.2, -0.15) is 11.8 Å². The molecule has 2 aliphatic rings. The van der Waals surface area contributed by atoms with Crippen molar-refractivity contribution in [2.24, 2.45) is 4.99 Å². The van der Waals surface area contributed by atoms with Crippen LogP contribution >= 0.6 is 23.1 Å². The third-order valence-corrected chi connectivity index (χ3v) is 8.26. The Morgan fingerprint density at radius 3 is 2.86 bits per heavy atom. The number of guanidine groups is 1. The summed E-state index contributed by atoms with van der Waals surface area (Å²) in [5.74, 6) is 3.09. The van der Waals surface area contributed by atoms with E-state index in [0.717, 1.165) is 49.4 Å². The lowest BCUT2D eigenvalue weighted by Gasteiger charge is -2.43. The summed E-state index contributed by atoms with van der Waals surface area (Å²) in [6.07, 6.45) is 0.632. The number of thiophene rings is 1. The molecule has 4 rings (SSSR count). The number of fused-ring (bicyclic) bond motifs is 1. The van der Waals surface area contributed by atoms with Gasteiger partial charge >= 0.3 is 0 Å². The molecule has 2 fully saturated rings. The minimum absolute atomic E-state index is 0.163. The Bertz CT molecular complexity index is 796. The van der Waals surface area contributed by atoms with Gasteiger partial charge in [-0.3, -0.25) is 9.89 Å². The number of hydrogen-bond donors (Lipinski definition) is 3. The van der Waals surface area contributed by atoms with Gasteiger partial charge in [0, 0.05) is 54.1 Å². The summed E-state index contributed by atoms with van der Waals surface area (Å²) in [4.78, 5) is 7.93. The van der Waals surface area contributed by atoms with Crippen LogP contribution < -0.4 is 10.6 Å². The molecule has 0 amide bonds. The van der Waals surface area contributed by atoms with Gasteiger partial charge in [-0.1, -0.05) is 18.2 Å². The molecular formula is C21H30N4O2S2. The fourth-order valence-corrected chi connectivity index (χ4v) is 6.59. The molecule has 3 heterocycles. The molecule has 2 aromatic rings. The van der Waals surface area contributed by atoms with Crippen molar-refractivity contribution in [3.8, 4) is 0 Å². The van der Waals surface area contributed by atoms with Crippen LogP contribution in [0.4, 0.5) is 0 Å². The highest BCUT2D eigenvalue weighted by Gasteiger charge is 2.40. The van der Waals surface area contributed by atoms with E-state index >= 15 is 0 Å². The maximum Gasteiger partial charge on any atom is 0.191 e.